The SMILES string of the molecule is c1ccc(-c2nc(-c3ccc4c(c3)-c3ccccc3C43c4ccccc4-c4ccccc43)cc(-c3ccc4c(c3)C3c5ccccc5C4c4cc(-c5cc(-c6ccc7c(c6)-c6ccccc6C76c7ccccc7-c7ccccc76)nc(-c6ccccc6)n5)ccc43)n2)cc1. The van der Waals surface area contributed by atoms with E-state index in [0.717, 1.165) is 56.2 Å². The van der Waals surface area contributed by atoms with Crippen molar-refractivity contribution in [3.05, 3.63) is 393 Å². The average molecular weight is 1190 g/mol. The normalized spacial score (nSPS) is 15.6. The third-order valence-electron chi connectivity index (χ3n) is 21.7. The van der Waals surface area contributed by atoms with E-state index in [2.05, 4.69) is 315 Å². The van der Waals surface area contributed by atoms with Crippen LogP contribution in [0.5, 0.6) is 0 Å². The Morgan fingerprint density at radius 3 is 0.777 bits per heavy atom. The lowest BCUT2D eigenvalue weighted by molar-refractivity contribution is 0.755. The highest BCUT2D eigenvalue weighted by Crippen LogP contribution is 2.65. The van der Waals surface area contributed by atoms with Gasteiger partial charge in [0.15, 0.2) is 11.6 Å². The maximum atomic E-state index is 5.46. The van der Waals surface area contributed by atoms with E-state index in [-0.39, 0.29) is 11.8 Å². The first kappa shape index (κ1) is 51.7. The molecule has 4 heteroatoms. The Morgan fingerprint density at radius 1 is 0.181 bits per heavy atom. The molecule has 4 nitrogen and oxygen atoms in total. The summed E-state index contributed by atoms with van der Waals surface area (Å²) in [6, 6.07) is 117. The fourth-order valence-corrected chi connectivity index (χ4v) is 18.0. The lowest BCUT2D eigenvalue weighted by Crippen LogP contribution is -2.27. The zero-order valence-corrected chi connectivity index (χ0v) is 51.0. The molecule has 2 atom stereocenters. The lowest BCUT2D eigenvalue weighted by Gasteiger charge is -2.42. The second-order valence-electron chi connectivity index (χ2n) is 26.1. The Kier molecular flexibility index (Phi) is 10.6. The number of rotatable bonds is 6. The van der Waals surface area contributed by atoms with Gasteiger partial charge in [0.25, 0.3) is 0 Å². The summed E-state index contributed by atoms with van der Waals surface area (Å²) in [6.45, 7) is 0. The van der Waals surface area contributed by atoms with Crippen molar-refractivity contribution in [2.24, 2.45) is 0 Å². The van der Waals surface area contributed by atoms with Gasteiger partial charge in [0.1, 0.15) is 0 Å². The van der Waals surface area contributed by atoms with E-state index in [9.17, 15) is 0 Å². The number of aromatic nitrogens is 4. The standard InChI is InChI=1S/C90H54N4/c1-3-21-53(22-4-1)87-91-81(51-83(93-87)57-41-45-79-69(47-57)63-29-13-19-37-77(63)89(79)73-33-15-9-25-59(73)60-26-10-16-34-74(60)89)55-39-43-67-71(49-55)85-65-31-7-8-32-66(65)86(67)72-50-56(40-44-68(72)85)82-52-84(94-88(92-82)54-23-5-2-6-24-54)58-42-46-80-70(48-58)64-30-14-20-38-78(64)90(80)75-35-17-11-27-61(75)62-28-12-18-36-76(62)90/h1-52,85-86H. The molecule has 0 fully saturated rings. The molecule has 15 aromatic rings. The molecule has 2 spiro atoms. The van der Waals surface area contributed by atoms with Crippen LogP contribution in [-0.4, -0.2) is 19.9 Å². The predicted molar refractivity (Wildman–Crippen MR) is 378 cm³/mol. The summed E-state index contributed by atoms with van der Waals surface area (Å²) in [6.07, 6.45) is 0. The van der Waals surface area contributed by atoms with Crippen LogP contribution < -0.4 is 0 Å². The van der Waals surface area contributed by atoms with Crippen LogP contribution in [0.2, 0.25) is 0 Å². The van der Waals surface area contributed by atoms with Crippen molar-refractivity contribution in [2.45, 2.75) is 22.7 Å². The predicted octanol–water partition coefficient (Wildman–Crippen LogP) is 20.9. The van der Waals surface area contributed by atoms with Crippen molar-refractivity contribution in [3.8, 4) is 112 Å². The number of hydrogen-bond donors (Lipinski definition) is 0. The minimum absolute atomic E-state index is 0.0160. The molecule has 0 saturated carbocycles. The molecule has 7 aliphatic carbocycles. The first-order valence-corrected chi connectivity index (χ1v) is 32.7. The second-order valence-corrected chi connectivity index (χ2v) is 26.1. The highest BCUT2D eigenvalue weighted by Gasteiger charge is 2.53. The Balaban J connectivity index is 0.681. The summed E-state index contributed by atoms with van der Waals surface area (Å²) >= 11 is 0. The fourth-order valence-electron chi connectivity index (χ4n) is 18.0. The van der Waals surface area contributed by atoms with Gasteiger partial charge in [-0.15, -0.1) is 0 Å². The molecule has 0 N–H and O–H groups in total. The van der Waals surface area contributed by atoms with Gasteiger partial charge in [-0.3, -0.25) is 0 Å². The Morgan fingerprint density at radius 2 is 0.436 bits per heavy atom. The molecular weight excluding hydrogens is 1140 g/mol. The highest BCUT2D eigenvalue weighted by atomic mass is 14.9. The molecule has 2 aromatic heterocycles. The lowest BCUT2D eigenvalue weighted by atomic mass is 9.60. The van der Waals surface area contributed by atoms with Crippen molar-refractivity contribution in [1.82, 2.24) is 19.9 Å². The van der Waals surface area contributed by atoms with Gasteiger partial charge in [0.05, 0.1) is 33.6 Å². The van der Waals surface area contributed by atoms with Gasteiger partial charge in [-0.05, 0) is 159 Å². The third kappa shape index (κ3) is 6.90. The van der Waals surface area contributed by atoms with Crippen LogP contribution in [0.15, 0.2) is 315 Å². The summed E-state index contributed by atoms with van der Waals surface area (Å²) in [4.78, 5) is 21.8. The minimum Gasteiger partial charge on any atom is -0.228 e. The monoisotopic (exact) mass is 1190 g/mol. The first-order valence-electron chi connectivity index (χ1n) is 32.7. The zero-order chi connectivity index (χ0) is 61.4. The average Bonchev–Trinajstić information content (AvgIpc) is 1.52. The van der Waals surface area contributed by atoms with Crippen LogP contribution in [0, 0.1) is 0 Å². The van der Waals surface area contributed by atoms with Crippen molar-refractivity contribution >= 4 is 0 Å². The molecule has 13 aromatic carbocycles. The van der Waals surface area contributed by atoms with E-state index in [1.807, 2.05) is 0 Å². The first-order chi connectivity index (χ1) is 46.6. The third-order valence-corrected chi connectivity index (χ3v) is 21.7. The largest absolute Gasteiger partial charge is 0.228 e. The van der Waals surface area contributed by atoms with Gasteiger partial charge in [-0.2, -0.15) is 0 Å². The summed E-state index contributed by atoms with van der Waals surface area (Å²) in [7, 11) is 0. The van der Waals surface area contributed by atoms with Crippen LogP contribution >= 0.6 is 0 Å². The van der Waals surface area contributed by atoms with E-state index >= 15 is 0 Å². The Bertz CT molecular complexity index is 5340. The van der Waals surface area contributed by atoms with Crippen LogP contribution in [-0.2, 0) is 10.8 Å². The van der Waals surface area contributed by atoms with Gasteiger partial charge in [0, 0.05) is 45.2 Å². The Labute approximate surface area is 545 Å². The molecule has 22 rings (SSSR count). The maximum Gasteiger partial charge on any atom is 0.160 e. The van der Waals surface area contributed by atoms with Crippen molar-refractivity contribution in [2.75, 3.05) is 0 Å². The van der Waals surface area contributed by atoms with Gasteiger partial charge in [0.2, 0.25) is 0 Å². The highest BCUT2D eigenvalue weighted by molar-refractivity contribution is 5.98. The van der Waals surface area contributed by atoms with Crippen LogP contribution in [0.4, 0.5) is 0 Å². The molecule has 2 unspecified atom stereocenters. The van der Waals surface area contributed by atoms with E-state index < -0.39 is 10.8 Å². The molecule has 434 valence electrons. The van der Waals surface area contributed by atoms with E-state index in [4.69, 9.17) is 19.9 Å². The van der Waals surface area contributed by atoms with E-state index in [1.54, 1.807) is 0 Å². The number of hydrogen-bond acceptors (Lipinski definition) is 4. The zero-order valence-electron chi connectivity index (χ0n) is 51.0. The van der Waals surface area contributed by atoms with Crippen LogP contribution in [0.1, 0.15) is 89.7 Å². The molecule has 0 amide bonds. The summed E-state index contributed by atoms with van der Waals surface area (Å²) < 4.78 is 0. The van der Waals surface area contributed by atoms with Gasteiger partial charge >= 0.3 is 0 Å². The molecule has 7 aliphatic rings. The molecule has 0 radical (unpaired) electrons. The number of benzene rings is 13. The van der Waals surface area contributed by atoms with E-state index in [0.29, 0.717) is 11.6 Å². The van der Waals surface area contributed by atoms with Crippen molar-refractivity contribution in [3.63, 3.8) is 0 Å². The second kappa shape index (κ2) is 19.3. The minimum atomic E-state index is -0.420. The van der Waals surface area contributed by atoms with E-state index in [1.165, 1.54) is 122 Å². The summed E-state index contributed by atoms with van der Waals surface area (Å²) in [5, 5.41) is 0. The van der Waals surface area contributed by atoms with Crippen LogP contribution in [0.25, 0.3) is 112 Å². The van der Waals surface area contributed by atoms with Gasteiger partial charge in [-0.25, -0.2) is 19.9 Å². The smallest absolute Gasteiger partial charge is 0.160 e. The molecule has 0 aliphatic heterocycles. The topological polar surface area (TPSA) is 51.6 Å². The number of fused-ring (bicyclic) bond motifs is 20. The van der Waals surface area contributed by atoms with Crippen molar-refractivity contribution < 1.29 is 0 Å². The summed E-state index contributed by atoms with van der Waals surface area (Å²) in [5.74, 6) is 1.43. The molecule has 2 heterocycles. The molecule has 2 bridgehead atoms. The molecule has 94 heavy (non-hydrogen) atoms. The van der Waals surface area contributed by atoms with Crippen molar-refractivity contribution in [1.29, 1.82) is 0 Å². The fraction of sp³-hybridized carbons (Fsp3) is 0.0444. The molecule has 0 saturated heterocycles. The summed E-state index contributed by atoms with van der Waals surface area (Å²) in [5.41, 5.74) is 37.8. The number of nitrogens with zero attached hydrogens (tertiary/aromatic N) is 4. The van der Waals surface area contributed by atoms with Gasteiger partial charge < -0.3 is 0 Å². The molecular formula is C90H54N4. The maximum absolute atomic E-state index is 5.46. The quantitative estimate of drug-likeness (QED) is 0.166. The Hall–Kier alpha value is -12.0. The van der Waals surface area contributed by atoms with Gasteiger partial charge in [-0.1, -0.05) is 279 Å². The van der Waals surface area contributed by atoms with Crippen LogP contribution in [0.3, 0.4) is 0 Å².